The molecule has 3 aromatic heterocycles. The summed E-state index contributed by atoms with van der Waals surface area (Å²) in [5.41, 5.74) is 6.69. The molecule has 1 aliphatic heterocycles. The van der Waals surface area contributed by atoms with Gasteiger partial charge in [-0.25, -0.2) is 9.67 Å². The lowest BCUT2D eigenvalue weighted by molar-refractivity contribution is 0.122. The fourth-order valence-corrected chi connectivity index (χ4v) is 4.70. The lowest BCUT2D eigenvalue weighted by Crippen LogP contribution is -2.37. The Labute approximate surface area is 230 Å². The highest BCUT2D eigenvalue weighted by molar-refractivity contribution is 5.88. The zero-order valence-electron chi connectivity index (χ0n) is 23.6. The molecule has 0 bridgehead atoms. The summed E-state index contributed by atoms with van der Waals surface area (Å²) in [6.45, 7) is 16.4. The van der Waals surface area contributed by atoms with Crippen molar-refractivity contribution in [3.63, 3.8) is 0 Å². The molecule has 4 heterocycles. The maximum Gasteiger partial charge on any atom is 0.253 e. The van der Waals surface area contributed by atoms with Gasteiger partial charge >= 0.3 is 0 Å². The fourth-order valence-electron chi connectivity index (χ4n) is 4.70. The van der Waals surface area contributed by atoms with Gasteiger partial charge in [0.15, 0.2) is 17.2 Å². The van der Waals surface area contributed by atoms with Gasteiger partial charge in [-0.15, -0.1) is 0 Å². The van der Waals surface area contributed by atoms with E-state index in [0.29, 0.717) is 30.7 Å². The maximum absolute atomic E-state index is 6.53. The van der Waals surface area contributed by atoms with Crippen LogP contribution in [0.3, 0.4) is 0 Å². The minimum atomic E-state index is 0.508. The van der Waals surface area contributed by atoms with E-state index >= 15 is 0 Å². The van der Waals surface area contributed by atoms with Crippen molar-refractivity contribution in [3.8, 4) is 17.1 Å². The number of aromatic nitrogens is 4. The van der Waals surface area contributed by atoms with Gasteiger partial charge in [-0.05, 0) is 37.8 Å². The van der Waals surface area contributed by atoms with Gasteiger partial charge in [-0.2, -0.15) is 10.1 Å². The van der Waals surface area contributed by atoms with Crippen LogP contribution in [0.5, 0.6) is 0 Å². The fraction of sp³-hybridized carbons (Fsp3) is 0.387. The van der Waals surface area contributed by atoms with E-state index in [1.807, 2.05) is 25.4 Å². The average molecular weight is 527 g/mol. The molecular formula is C31H38N6O2. The topological polar surface area (TPSA) is 72.5 Å². The third kappa shape index (κ3) is 6.06. The molecule has 39 heavy (non-hydrogen) atoms. The Bertz CT molecular complexity index is 1490. The summed E-state index contributed by atoms with van der Waals surface area (Å²) in [4.78, 5) is 14.3. The molecule has 0 unspecified atom stereocenters. The third-order valence-electron chi connectivity index (χ3n) is 6.88. The molecule has 4 aromatic rings. The van der Waals surface area contributed by atoms with Crippen molar-refractivity contribution in [2.45, 2.75) is 34.1 Å². The largest absolute Gasteiger partial charge is 0.449 e. The summed E-state index contributed by atoms with van der Waals surface area (Å²) in [7, 11) is 2.10. The zero-order valence-corrected chi connectivity index (χ0v) is 23.6. The number of rotatable bonds is 9. The maximum atomic E-state index is 6.53. The number of hydrogen-bond donors (Lipinski definition) is 0. The number of hydrogen-bond acceptors (Lipinski definition) is 7. The number of morpholine rings is 1. The average Bonchev–Trinajstić information content (AvgIpc) is 3.58. The Balaban J connectivity index is 1.59. The van der Waals surface area contributed by atoms with E-state index in [4.69, 9.17) is 19.1 Å². The minimum absolute atomic E-state index is 0.508. The van der Waals surface area contributed by atoms with Crippen molar-refractivity contribution in [2.75, 3.05) is 44.8 Å². The standard InChI is InChI=1S/C31H38N6O2/c1-21(2)10-11-35(6)27(16-22(3)4)28-18-26-29(39-28)30(36-12-14-38-15-13-36)34-31(33-26)37-20-25(19-32-37)24-9-7-8-23(5)17-24/h7-9,16-21H,3,10-15H2,1-2,4-6H3/b27-16-. The smallest absolute Gasteiger partial charge is 0.253 e. The van der Waals surface area contributed by atoms with Crippen LogP contribution in [0.25, 0.3) is 33.9 Å². The van der Waals surface area contributed by atoms with E-state index < -0.39 is 0 Å². The van der Waals surface area contributed by atoms with Gasteiger partial charge in [0, 0.05) is 44.5 Å². The molecule has 0 saturated carbocycles. The van der Waals surface area contributed by atoms with Crippen LogP contribution in [0.15, 0.2) is 65.4 Å². The SMILES string of the molecule is C=C(C)/C=C(/c1cc2nc(-n3cc(-c4cccc(C)c4)cn3)nc(N3CCOCC3)c2o1)N(C)CCC(C)C. The summed E-state index contributed by atoms with van der Waals surface area (Å²) in [6.07, 6.45) is 6.99. The van der Waals surface area contributed by atoms with Gasteiger partial charge in [-0.1, -0.05) is 55.8 Å². The van der Waals surface area contributed by atoms with Crippen molar-refractivity contribution < 1.29 is 9.15 Å². The molecule has 0 radical (unpaired) electrons. The first-order valence-electron chi connectivity index (χ1n) is 13.6. The molecule has 1 aliphatic rings. The highest BCUT2D eigenvalue weighted by Crippen LogP contribution is 2.33. The second-order valence-electron chi connectivity index (χ2n) is 10.8. The molecule has 204 valence electrons. The Morgan fingerprint density at radius 3 is 2.67 bits per heavy atom. The predicted octanol–water partition coefficient (Wildman–Crippen LogP) is 6.12. The highest BCUT2D eigenvalue weighted by atomic mass is 16.5. The Morgan fingerprint density at radius 2 is 1.95 bits per heavy atom. The minimum Gasteiger partial charge on any atom is -0.449 e. The van der Waals surface area contributed by atoms with Gasteiger partial charge in [-0.3, -0.25) is 0 Å². The summed E-state index contributed by atoms with van der Waals surface area (Å²) >= 11 is 0. The summed E-state index contributed by atoms with van der Waals surface area (Å²) in [5, 5.41) is 4.62. The van der Waals surface area contributed by atoms with E-state index in [1.165, 1.54) is 5.56 Å². The van der Waals surface area contributed by atoms with Gasteiger partial charge < -0.3 is 19.0 Å². The highest BCUT2D eigenvalue weighted by Gasteiger charge is 2.23. The molecular weight excluding hydrogens is 488 g/mol. The van der Waals surface area contributed by atoms with Crippen molar-refractivity contribution in [2.24, 2.45) is 5.92 Å². The quantitative estimate of drug-likeness (QED) is 0.244. The number of aryl methyl sites for hydroxylation is 1. The molecule has 0 aliphatic carbocycles. The lowest BCUT2D eigenvalue weighted by atomic mass is 10.1. The van der Waals surface area contributed by atoms with E-state index in [1.54, 1.807) is 4.68 Å². The van der Waals surface area contributed by atoms with Gasteiger partial charge in [0.1, 0.15) is 5.52 Å². The van der Waals surface area contributed by atoms with Crippen LogP contribution < -0.4 is 4.90 Å². The molecule has 0 amide bonds. The van der Waals surface area contributed by atoms with E-state index in [0.717, 1.165) is 65.5 Å². The molecule has 0 N–H and O–H groups in total. The normalized spacial score (nSPS) is 14.4. The Hall–Kier alpha value is -3.91. The second-order valence-corrected chi connectivity index (χ2v) is 10.8. The van der Waals surface area contributed by atoms with Crippen molar-refractivity contribution >= 4 is 22.6 Å². The number of allylic oxidation sites excluding steroid dienone is 2. The number of ether oxygens (including phenoxy) is 1. The predicted molar refractivity (Wildman–Crippen MR) is 157 cm³/mol. The van der Waals surface area contributed by atoms with Crippen LogP contribution in [-0.4, -0.2) is 64.5 Å². The molecule has 8 nitrogen and oxygen atoms in total. The van der Waals surface area contributed by atoms with Crippen LogP contribution in [0.4, 0.5) is 5.82 Å². The van der Waals surface area contributed by atoms with Crippen molar-refractivity contribution in [1.82, 2.24) is 24.6 Å². The first kappa shape index (κ1) is 26.7. The first-order chi connectivity index (χ1) is 18.8. The monoisotopic (exact) mass is 526 g/mol. The number of benzene rings is 1. The molecule has 1 fully saturated rings. The molecule has 5 rings (SSSR count). The molecule has 0 spiro atoms. The number of nitrogens with zero attached hydrogens (tertiary/aromatic N) is 6. The van der Waals surface area contributed by atoms with Crippen LogP contribution in [-0.2, 0) is 4.74 Å². The van der Waals surface area contributed by atoms with Crippen LogP contribution in [0.1, 0.15) is 38.5 Å². The molecule has 1 aromatic carbocycles. The van der Waals surface area contributed by atoms with Crippen molar-refractivity contribution in [1.29, 1.82) is 0 Å². The molecule has 1 saturated heterocycles. The van der Waals surface area contributed by atoms with Crippen LogP contribution in [0.2, 0.25) is 0 Å². The van der Waals surface area contributed by atoms with Crippen molar-refractivity contribution in [3.05, 3.63) is 72.3 Å². The zero-order chi connectivity index (χ0) is 27.5. The van der Waals surface area contributed by atoms with Gasteiger partial charge in [0.2, 0.25) is 0 Å². The van der Waals surface area contributed by atoms with E-state index in [-0.39, 0.29) is 0 Å². The number of furan rings is 1. The van der Waals surface area contributed by atoms with E-state index in [2.05, 4.69) is 79.6 Å². The first-order valence-corrected chi connectivity index (χ1v) is 13.6. The number of fused-ring (bicyclic) bond motifs is 1. The van der Waals surface area contributed by atoms with Crippen LogP contribution >= 0.6 is 0 Å². The molecule has 0 atom stereocenters. The van der Waals surface area contributed by atoms with E-state index in [9.17, 15) is 0 Å². The second kappa shape index (κ2) is 11.5. The third-order valence-corrected chi connectivity index (χ3v) is 6.88. The summed E-state index contributed by atoms with van der Waals surface area (Å²) in [6, 6.07) is 10.4. The van der Waals surface area contributed by atoms with Gasteiger partial charge in [0.05, 0.1) is 25.1 Å². The molecule has 8 heteroatoms. The van der Waals surface area contributed by atoms with Crippen LogP contribution in [0, 0.1) is 12.8 Å². The van der Waals surface area contributed by atoms with Gasteiger partial charge in [0.25, 0.3) is 5.95 Å². The summed E-state index contributed by atoms with van der Waals surface area (Å²) < 4.78 is 13.9. The lowest BCUT2D eigenvalue weighted by Gasteiger charge is -2.27. The Kier molecular flexibility index (Phi) is 7.84. The number of anilines is 1. The Morgan fingerprint density at radius 1 is 1.15 bits per heavy atom. The summed E-state index contributed by atoms with van der Waals surface area (Å²) in [5.74, 6) is 2.63.